The first-order valence-electron chi connectivity index (χ1n) is 5.09. The molecule has 0 aliphatic carbocycles. The van der Waals surface area contributed by atoms with Crippen LogP contribution in [0.3, 0.4) is 0 Å². The van der Waals surface area contributed by atoms with Crippen LogP contribution >= 0.6 is 31.9 Å². The molecule has 0 unspecified atom stereocenters. The van der Waals surface area contributed by atoms with Crippen molar-refractivity contribution in [2.45, 2.75) is 0 Å². The van der Waals surface area contributed by atoms with Gasteiger partial charge in [-0.2, -0.15) is 0 Å². The van der Waals surface area contributed by atoms with Crippen LogP contribution in [-0.2, 0) is 0 Å². The maximum atomic E-state index is 13.6. The first-order valence-corrected chi connectivity index (χ1v) is 6.67. The number of benzene rings is 2. The van der Waals surface area contributed by atoms with Crippen LogP contribution in [0.1, 0.15) is 10.4 Å². The number of hydrogen-bond acceptors (Lipinski definition) is 1. The second-order valence-corrected chi connectivity index (χ2v) is 5.33. The van der Waals surface area contributed by atoms with Crippen LogP contribution in [0.5, 0.6) is 0 Å². The smallest absolute Gasteiger partial charge is 0.259 e. The molecule has 0 bridgehead atoms. The molecule has 0 fully saturated rings. The minimum Gasteiger partial charge on any atom is -0.322 e. The molecule has 2 nitrogen and oxygen atoms in total. The highest BCUT2D eigenvalue weighted by Gasteiger charge is 2.15. The van der Waals surface area contributed by atoms with Gasteiger partial charge in [0.25, 0.3) is 5.91 Å². The van der Waals surface area contributed by atoms with Crippen molar-refractivity contribution in [2.75, 3.05) is 5.32 Å². The number of carbonyl (C=O) groups excluding carboxylic acids is 1. The molecule has 0 aliphatic rings. The third-order valence-electron chi connectivity index (χ3n) is 2.29. The fourth-order valence-electron chi connectivity index (χ4n) is 1.44. The van der Waals surface area contributed by atoms with E-state index in [4.69, 9.17) is 0 Å². The van der Waals surface area contributed by atoms with Gasteiger partial charge in [-0.1, -0.05) is 22.0 Å². The van der Waals surface area contributed by atoms with Gasteiger partial charge in [-0.25, -0.2) is 4.39 Å². The second-order valence-electron chi connectivity index (χ2n) is 3.56. The third-order valence-corrected chi connectivity index (χ3v) is 3.48. The fraction of sp³-hybridized carbons (Fsp3) is 0. The van der Waals surface area contributed by atoms with Crippen molar-refractivity contribution in [1.29, 1.82) is 0 Å². The van der Waals surface area contributed by atoms with Gasteiger partial charge in [-0.05, 0) is 52.3 Å². The molecule has 0 atom stereocenters. The SMILES string of the molecule is O=C(Nc1ccc(Br)cc1)c1c(F)cccc1Br. The quantitative estimate of drug-likeness (QED) is 0.819. The zero-order valence-electron chi connectivity index (χ0n) is 9.08. The summed E-state index contributed by atoms with van der Waals surface area (Å²) in [6.45, 7) is 0. The lowest BCUT2D eigenvalue weighted by molar-refractivity contribution is 0.102. The van der Waals surface area contributed by atoms with Gasteiger partial charge in [0.15, 0.2) is 0 Å². The molecule has 2 aromatic carbocycles. The van der Waals surface area contributed by atoms with E-state index >= 15 is 0 Å². The van der Waals surface area contributed by atoms with Gasteiger partial charge in [-0.3, -0.25) is 4.79 Å². The Kier molecular flexibility index (Phi) is 4.14. The van der Waals surface area contributed by atoms with E-state index in [2.05, 4.69) is 37.2 Å². The van der Waals surface area contributed by atoms with E-state index in [9.17, 15) is 9.18 Å². The number of anilines is 1. The van der Waals surface area contributed by atoms with Crippen LogP contribution in [0.2, 0.25) is 0 Å². The van der Waals surface area contributed by atoms with Crippen molar-refractivity contribution >= 4 is 43.5 Å². The van der Waals surface area contributed by atoms with E-state index in [1.807, 2.05) is 0 Å². The fourth-order valence-corrected chi connectivity index (χ4v) is 2.23. The van der Waals surface area contributed by atoms with Crippen molar-refractivity contribution in [3.8, 4) is 0 Å². The highest BCUT2D eigenvalue weighted by Crippen LogP contribution is 2.21. The van der Waals surface area contributed by atoms with Gasteiger partial charge in [0.1, 0.15) is 5.82 Å². The number of halogens is 3. The summed E-state index contributed by atoms with van der Waals surface area (Å²) in [5, 5.41) is 2.64. The Balaban J connectivity index is 2.25. The minimum atomic E-state index is -0.556. The number of rotatable bonds is 2. The molecule has 0 aromatic heterocycles. The second kappa shape index (κ2) is 5.63. The van der Waals surface area contributed by atoms with Crippen LogP contribution in [0, 0.1) is 5.82 Å². The first kappa shape index (κ1) is 13.2. The Hall–Kier alpha value is -1.20. The van der Waals surface area contributed by atoms with Gasteiger partial charge in [0.05, 0.1) is 5.56 Å². The number of hydrogen-bond donors (Lipinski definition) is 1. The molecule has 18 heavy (non-hydrogen) atoms. The molecule has 0 heterocycles. The largest absolute Gasteiger partial charge is 0.322 e. The monoisotopic (exact) mass is 371 g/mol. The molecule has 0 saturated heterocycles. The molecule has 2 rings (SSSR count). The number of nitrogens with one attached hydrogen (secondary N) is 1. The van der Waals surface area contributed by atoms with Crippen molar-refractivity contribution in [3.63, 3.8) is 0 Å². The summed E-state index contributed by atoms with van der Waals surface area (Å²) >= 11 is 6.46. The van der Waals surface area contributed by atoms with Crippen LogP contribution in [-0.4, -0.2) is 5.91 Å². The predicted octanol–water partition coefficient (Wildman–Crippen LogP) is 4.60. The molecule has 1 N–H and O–H groups in total. The lowest BCUT2D eigenvalue weighted by Gasteiger charge is -2.07. The van der Waals surface area contributed by atoms with E-state index in [1.54, 1.807) is 30.3 Å². The Morgan fingerprint density at radius 3 is 2.33 bits per heavy atom. The molecule has 5 heteroatoms. The summed E-state index contributed by atoms with van der Waals surface area (Å²) in [6, 6.07) is 11.5. The maximum absolute atomic E-state index is 13.6. The zero-order valence-corrected chi connectivity index (χ0v) is 12.3. The summed E-state index contributed by atoms with van der Waals surface area (Å²) in [7, 11) is 0. The van der Waals surface area contributed by atoms with Crippen molar-refractivity contribution in [1.82, 2.24) is 0 Å². The lowest BCUT2D eigenvalue weighted by atomic mass is 10.2. The average molecular weight is 373 g/mol. The molecule has 0 spiro atoms. The predicted molar refractivity (Wildman–Crippen MR) is 76.2 cm³/mol. The van der Waals surface area contributed by atoms with Crippen LogP contribution in [0.25, 0.3) is 0 Å². The van der Waals surface area contributed by atoms with Crippen LogP contribution < -0.4 is 5.32 Å². The van der Waals surface area contributed by atoms with Crippen molar-refractivity contribution in [3.05, 3.63) is 62.8 Å². The number of amides is 1. The summed E-state index contributed by atoms with van der Waals surface area (Å²) in [4.78, 5) is 11.9. The highest BCUT2D eigenvalue weighted by atomic mass is 79.9. The summed E-state index contributed by atoms with van der Waals surface area (Å²) in [5.74, 6) is -1.04. The Morgan fingerprint density at radius 2 is 1.72 bits per heavy atom. The van der Waals surface area contributed by atoms with E-state index in [0.29, 0.717) is 10.2 Å². The topological polar surface area (TPSA) is 29.1 Å². The van der Waals surface area contributed by atoms with Gasteiger partial charge in [0.2, 0.25) is 0 Å². The van der Waals surface area contributed by atoms with E-state index < -0.39 is 11.7 Å². The normalized spacial score (nSPS) is 10.2. The van der Waals surface area contributed by atoms with Gasteiger partial charge in [0, 0.05) is 14.6 Å². The molecule has 0 saturated carbocycles. The summed E-state index contributed by atoms with van der Waals surface area (Å²) in [5.41, 5.74) is 0.610. The van der Waals surface area contributed by atoms with Gasteiger partial charge < -0.3 is 5.32 Å². The van der Waals surface area contributed by atoms with Gasteiger partial charge >= 0.3 is 0 Å². The van der Waals surface area contributed by atoms with Gasteiger partial charge in [-0.15, -0.1) is 0 Å². The molecular formula is C13H8Br2FNO. The molecule has 2 aromatic rings. The van der Waals surface area contributed by atoms with Crippen molar-refractivity contribution < 1.29 is 9.18 Å². The van der Waals surface area contributed by atoms with Crippen LogP contribution in [0.4, 0.5) is 10.1 Å². The number of carbonyl (C=O) groups is 1. The third kappa shape index (κ3) is 2.97. The molecule has 1 amide bonds. The zero-order chi connectivity index (χ0) is 13.1. The maximum Gasteiger partial charge on any atom is 0.259 e. The standard InChI is InChI=1S/C13H8Br2FNO/c14-8-4-6-9(7-5-8)17-13(18)12-10(15)2-1-3-11(12)16/h1-7H,(H,17,18). The van der Waals surface area contributed by atoms with Crippen LogP contribution in [0.15, 0.2) is 51.4 Å². The molecule has 0 radical (unpaired) electrons. The average Bonchev–Trinajstić information content (AvgIpc) is 2.32. The van der Waals surface area contributed by atoms with Crippen molar-refractivity contribution in [2.24, 2.45) is 0 Å². The molecule has 0 aliphatic heterocycles. The lowest BCUT2D eigenvalue weighted by Crippen LogP contribution is -2.14. The Labute approximate surface area is 120 Å². The molecular weight excluding hydrogens is 365 g/mol. The summed E-state index contributed by atoms with van der Waals surface area (Å²) in [6.07, 6.45) is 0. The van der Waals surface area contributed by atoms with E-state index in [-0.39, 0.29) is 5.56 Å². The van der Waals surface area contributed by atoms with E-state index in [1.165, 1.54) is 12.1 Å². The Bertz CT molecular complexity index is 564. The first-order chi connectivity index (χ1) is 8.58. The van der Waals surface area contributed by atoms with E-state index in [0.717, 1.165) is 4.47 Å². The summed E-state index contributed by atoms with van der Waals surface area (Å²) < 4.78 is 14.9. The molecule has 92 valence electrons. The highest BCUT2D eigenvalue weighted by molar-refractivity contribution is 9.10. The minimum absolute atomic E-state index is 0.000388. The Morgan fingerprint density at radius 1 is 1.06 bits per heavy atom.